The molecule has 1 atom stereocenters. The van der Waals surface area contributed by atoms with Crippen LogP contribution in [0.1, 0.15) is 13.3 Å². The number of amides is 1. The smallest absolute Gasteiger partial charge is 0.263 e. The maximum absolute atomic E-state index is 13.4. The lowest BCUT2D eigenvalue weighted by Crippen LogP contribution is -2.46. The van der Waals surface area contributed by atoms with Gasteiger partial charge in [0.15, 0.2) is 5.16 Å². The van der Waals surface area contributed by atoms with Crippen LogP contribution in [0.15, 0.2) is 58.3 Å². The fourth-order valence-corrected chi connectivity index (χ4v) is 5.55. The number of carbonyl (C=O) groups excluding carboxylic acids is 1. The molecule has 1 aromatic carbocycles. The first-order chi connectivity index (χ1) is 15.1. The molecule has 2 aromatic heterocycles. The Morgan fingerprint density at radius 2 is 2.19 bits per heavy atom. The van der Waals surface area contributed by atoms with Crippen LogP contribution in [0, 0.1) is 0 Å². The van der Waals surface area contributed by atoms with E-state index in [1.165, 1.54) is 23.1 Å². The summed E-state index contributed by atoms with van der Waals surface area (Å²) in [5.41, 5.74) is 1.78. The lowest BCUT2D eigenvalue weighted by atomic mass is 10.1. The van der Waals surface area contributed by atoms with E-state index in [-0.39, 0.29) is 23.3 Å². The van der Waals surface area contributed by atoms with Crippen molar-refractivity contribution in [2.45, 2.75) is 31.1 Å². The second-order valence-corrected chi connectivity index (χ2v) is 9.12. The maximum atomic E-state index is 13.4. The van der Waals surface area contributed by atoms with E-state index in [1.54, 1.807) is 10.6 Å². The van der Waals surface area contributed by atoms with Gasteiger partial charge in [0.2, 0.25) is 5.91 Å². The zero-order valence-electron chi connectivity index (χ0n) is 17.5. The molecule has 1 fully saturated rings. The van der Waals surface area contributed by atoms with E-state index in [9.17, 15) is 9.59 Å². The summed E-state index contributed by atoms with van der Waals surface area (Å²) in [6.45, 7) is 7.99. The van der Waals surface area contributed by atoms with Crippen molar-refractivity contribution in [1.82, 2.24) is 14.5 Å². The SMILES string of the molecule is C=CCn1c(SCC(=O)N2CCOC(CC)C2)nc2scc(-c3ccccc3)c2c1=O. The Morgan fingerprint density at radius 3 is 2.94 bits per heavy atom. The van der Waals surface area contributed by atoms with Gasteiger partial charge in [0.1, 0.15) is 4.83 Å². The molecule has 1 saturated heterocycles. The van der Waals surface area contributed by atoms with E-state index in [0.29, 0.717) is 41.6 Å². The molecule has 0 radical (unpaired) electrons. The Labute approximate surface area is 189 Å². The molecule has 162 valence electrons. The van der Waals surface area contributed by atoms with Crippen molar-refractivity contribution in [3.8, 4) is 11.1 Å². The third-order valence-corrected chi connectivity index (χ3v) is 7.16. The van der Waals surface area contributed by atoms with E-state index in [2.05, 4.69) is 13.5 Å². The summed E-state index contributed by atoms with van der Waals surface area (Å²) < 4.78 is 7.27. The Hall–Kier alpha value is -2.42. The number of ether oxygens (including phenoxy) is 1. The number of hydrogen-bond acceptors (Lipinski definition) is 6. The van der Waals surface area contributed by atoms with E-state index < -0.39 is 0 Å². The van der Waals surface area contributed by atoms with Gasteiger partial charge in [0.05, 0.1) is 23.8 Å². The molecule has 3 aromatic rings. The Morgan fingerprint density at radius 1 is 1.39 bits per heavy atom. The van der Waals surface area contributed by atoms with Crippen LogP contribution in [-0.4, -0.2) is 51.9 Å². The van der Waals surface area contributed by atoms with Gasteiger partial charge in [0.25, 0.3) is 5.56 Å². The number of fused-ring (bicyclic) bond motifs is 1. The summed E-state index contributed by atoms with van der Waals surface area (Å²) in [5.74, 6) is 0.282. The second-order valence-electron chi connectivity index (χ2n) is 7.32. The third kappa shape index (κ3) is 4.61. The molecular weight excluding hydrogens is 430 g/mol. The van der Waals surface area contributed by atoms with Gasteiger partial charge in [-0.25, -0.2) is 4.98 Å². The van der Waals surface area contributed by atoms with Gasteiger partial charge in [0, 0.05) is 30.6 Å². The molecule has 0 N–H and O–H groups in total. The summed E-state index contributed by atoms with van der Waals surface area (Å²) in [4.78, 5) is 33.4. The van der Waals surface area contributed by atoms with Gasteiger partial charge < -0.3 is 9.64 Å². The molecule has 0 spiro atoms. The first-order valence-electron chi connectivity index (χ1n) is 10.3. The molecule has 1 amide bonds. The van der Waals surface area contributed by atoms with Gasteiger partial charge in [-0.3, -0.25) is 14.2 Å². The Bertz CT molecular complexity index is 1140. The highest BCUT2D eigenvalue weighted by Gasteiger charge is 2.24. The molecule has 8 heteroatoms. The zero-order chi connectivity index (χ0) is 21.8. The number of nitrogens with zero attached hydrogens (tertiary/aromatic N) is 3. The summed E-state index contributed by atoms with van der Waals surface area (Å²) in [6, 6.07) is 9.85. The number of hydrogen-bond donors (Lipinski definition) is 0. The number of benzene rings is 1. The average molecular weight is 456 g/mol. The number of aromatic nitrogens is 2. The highest BCUT2D eigenvalue weighted by Crippen LogP contribution is 2.32. The van der Waals surface area contributed by atoms with Crippen LogP contribution < -0.4 is 5.56 Å². The summed E-state index contributed by atoms with van der Waals surface area (Å²) in [6.07, 6.45) is 2.66. The maximum Gasteiger partial charge on any atom is 0.263 e. The van der Waals surface area contributed by atoms with E-state index in [1.807, 2.05) is 40.6 Å². The first-order valence-corrected chi connectivity index (χ1v) is 12.2. The summed E-state index contributed by atoms with van der Waals surface area (Å²) in [5, 5.41) is 3.14. The summed E-state index contributed by atoms with van der Waals surface area (Å²) >= 11 is 2.76. The van der Waals surface area contributed by atoms with Gasteiger partial charge in [-0.2, -0.15) is 0 Å². The average Bonchev–Trinajstić information content (AvgIpc) is 3.24. The number of carbonyl (C=O) groups is 1. The standard InChI is InChI=1S/C23H25N3O3S2/c1-3-10-26-22(28)20-18(16-8-6-5-7-9-16)14-30-21(20)24-23(26)31-15-19(27)25-11-12-29-17(4-2)13-25/h3,5-9,14,17H,1,4,10-13,15H2,2H3. The van der Waals surface area contributed by atoms with Gasteiger partial charge in [-0.15, -0.1) is 17.9 Å². The monoisotopic (exact) mass is 455 g/mol. The molecule has 1 unspecified atom stereocenters. The molecule has 1 aliphatic rings. The molecular formula is C23H25N3O3S2. The lowest BCUT2D eigenvalue weighted by Gasteiger charge is -2.32. The van der Waals surface area contributed by atoms with Gasteiger partial charge in [-0.1, -0.05) is 55.1 Å². The minimum Gasteiger partial charge on any atom is -0.375 e. The minimum atomic E-state index is -0.0997. The van der Waals surface area contributed by atoms with E-state index >= 15 is 0 Å². The number of allylic oxidation sites excluding steroid dienone is 1. The van der Waals surface area contributed by atoms with Crippen molar-refractivity contribution in [3.63, 3.8) is 0 Å². The first kappa shape index (κ1) is 21.8. The van der Waals surface area contributed by atoms with Crippen LogP contribution in [0.2, 0.25) is 0 Å². The highest BCUT2D eigenvalue weighted by atomic mass is 32.2. The van der Waals surface area contributed by atoms with Crippen LogP contribution in [-0.2, 0) is 16.1 Å². The fraction of sp³-hybridized carbons (Fsp3) is 0.348. The molecule has 1 aliphatic heterocycles. The number of thiophene rings is 1. The Kier molecular flexibility index (Phi) is 6.89. The van der Waals surface area contributed by atoms with Crippen LogP contribution in [0.3, 0.4) is 0 Å². The topological polar surface area (TPSA) is 64.4 Å². The van der Waals surface area contributed by atoms with Crippen molar-refractivity contribution in [1.29, 1.82) is 0 Å². The molecule has 3 heterocycles. The summed E-state index contributed by atoms with van der Waals surface area (Å²) in [7, 11) is 0. The van der Waals surface area contributed by atoms with Crippen molar-refractivity contribution >= 4 is 39.2 Å². The largest absolute Gasteiger partial charge is 0.375 e. The van der Waals surface area contributed by atoms with Crippen LogP contribution in [0.4, 0.5) is 0 Å². The van der Waals surface area contributed by atoms with Gasteiger partial charge >= 0.3 is 0 Å². The number of thioether (sulfide) groups is 1. The van der Waals surface area contributed by atoms with Crippen molar-refractivity contribution < 1.29 is 9.53 Å². The van der Waals surface area contributed by atoms with Crippen LogP contribution >= 0.6 is 23.1 Å². The quantitative estimate of drug-likeness (QED) is 0.306. The molecule has 31 heavy (non-hydrogen) atoms. The Balaban J connectivity index is 1.62. The van der Waals surface area contributed by atoms with Crippen LogP contribution in [0.5, 0.6) is 0 Å². The van der Waals surface area contributed by atoms with Crippen molar-refractivity contribution in [2.24, 2.45) is 0 Å². The normalized spacial score (nSPS) is 16.5. The van der Waals surface area contributed by atoms with Crippen molar-refractivity contribution in [3.05, 3.63) is 58.7 Å². The minimum absolute atomic E-state index is 0.0439. The predicted molar refractivity (Wildman–Crippen MR) is 127 cm³/mol. The highest BCUT2D eigenvalue weighted by molar-refractivity contribution is 7.99. The van der Waals surface area contributed by atoms with Gasteiger partial charge in [-0.05, 0) is 12.0 Å². The predicted octanol–water partition coefficient (Wildman–Crippen LogP) is 4.04. The fourth-order valence-electron chi connectivity index (χ4n) is 3.65. The number of morpholine rings is 1. The number of rotatable bonds is 7. The van der Waals surface area contributed by atoms with Crippen LogP contribution in [0.25, 0.3) is 21.3 Å². The van der Waals surface area contributed by atoms with E-state index in [0.717, 1.165) is 17.5 Å². The van der Waals surface area contributed by atoms with Crippen molar-refractivity contribution in [2.75, 3.05) is 25.4 Å². The third-order valence-electron chi connectivity index (χ3n) is 5.33. The molecule has 0 aliphatic carbocycles. The molecule has 0 saturated carbocycles. The zero-order valence-corrected chi connectivity index (χ0v) is 19.1. The second kappa shape index (κ2) is 9.80. The molecule has 0 bridgehead atoms. The molecule has 4 rings (SSSR count). The molecule has 6 nitrogen and oxygen atoms in total. The lowest BCUT2D eigenvalue weighted by molar-refractivity contribution is -0.135. The van der Waals surface area contributed by atoms with E-state index in [4.69, 9.17) is 9.72 Å².